The normalized spacial score (nSPS) is 11.1. The van der Waals surface area contributed by atoms with Crippen molar-refractivity contribution in [1.29, 1.82) is 0 Å². The van der Waals surface area contributed by atoms with Gasteiger partial charge in [-0.25, -0.2) is 4.98 Å². The van der Waals surface area contributed by atoms with Gasteiger partial charge in [0.05, 0.1) is 11.4 Å². The molecule has 1 amide bonds. The van der Waals surface area contributed by atoms with Crippen LogP contribution in [0.1, 0.15) is 23.4 Å². The number of hydrogen-bond acceptors (Lipinski definition) is 3. The second kappa shape index (κ2) is 7.31. The topological polar surface area (TPSA) is 64.2 Å². The van der Waals surface area contributed by atoms with E-state index < -0.39 is 0 Å². The standard InChI is InChI=1S/C22H23N5O/c1-15-19(16(2)26(3)25-15)11-12-22(28)23-18-9-7-17(8-10-18)20-14-27-13-5-4-6-21(27)24-20/h4-10,13-14H,11-12H2,1-3H3,(H,23,28). The predicted octanol–water partition coefficient (Wildman–Crippen LogP) is 3.92. The van der Waals surface area contributed by atoms with Crippen LogP contribution in [0, 0.1) is 13.8 Å². The number of hydrogen-bond donors (Lipinski definition) is 1. The number of fused-ring (bicyclic) bond motifs is 1. The van der Waals surface area contributed by atoms with E-state index in [9.17, 15) is 4.79 Å². The van der Waals surface area contributed by atoms with Crippen molar-refractivity contribution >= 4 is 17.2 Å². The molecule has 28 heavy (non-hydrogen) atoms. The largest absolute Gasteiger partial charge is 0.326 e. The van der Waals surface area contributed by atoms with Crippen molar-refractivity contribution in [3.8, 4) is 11.3 Å². The second-order valence-electron chi connectivity index (χ2n) is 6.99. The van der Waals surface area contributed by atoms with Crippen LogP contribution >= 0.6 is 0 Å². The molecule has 4 rings (SSSR count). The second-order valence-corrected chi connectivity index (χ2v) is 6.99. The molecule has 0 fully saturated rings. The third-order valence-corrected chi connectivity index (χ3v) is 5.09. The lowest BCUT2D eigenvalue weighted by atomic mass is 10.1. The Kier molecular flexibility index (Phi) is 4.69. The summed E-state index contributed by atoms with van der Waals surface area (Å²) >= 11 is 0. The van der Waals surface area contributed by atoms with E-state index in [1.165, 1.54) is 0 Å². The van der Waals surface area contributed by atoms with Crippen molar-refractivity contribution in [3.63, 3.8) is 0 Å². The van der Waals surface area contributed by atoms with Crippen molar-refractivity contribution in [2.75, 3.05) is 5.32 Å². The van der Waals surface area contributed by atoms with Crippen molar-refractivity contribution in [2.24, 2.45) is 7.05 Å². The van der Waals surface area contributed by atoms with E-state index in [-0.39, 0.29) is 5.91 Å². The molecule has 0 atom stereocenters. The Labute approximate surface area is 163 Å². The molecule has 6 heteroatoms. The van der Waals surface area contributed by atoms with Gasteiger partial charge in [-0.1, -0.05) is 18.2 Å². The highest BCUT2D eigenvalue weighted by atomic mass is 16.1. The molecule has 0 aliphatic rings. The minimum absolute atomic E-state index is 0.00290. The molecule has 0 bridgehead atoms. The summed E-state index contributed by atoms with van der Waals surface area (Å²) in [5.74, 6) is 0.00290. The summed E-state index contributed by atoms with van der Waals surface area (Å²) in [6.45, 7) is 4.02. The molecule has 3 aromatic heterocycles. The number of imidazole rings is 1. The number of amides is 1. The Hall–Kier alpha value is -3.41. The average molecular weight is 373 g/mol. The van der Waals surface area contributed by atoms with Gasteiger partial charge >= 0.3 is 0 Å². The Morgan fingerprint density at radius 2 is 1.89 bits per heavy atom. The molecule has 6 nitrogen and oxygen atoms in total. The third-order valence-electron chi connectivity index (χ3n) is 5.09. The number of carbonyl (C=O) groups excluding carboxylic acids is 1. The fourth-order valence-electron chi connectivity index (χ4n) is 3.44. The molecule has 0 saturated carbocycles. The number of pyridine rings is 1. The number of nitrogens with one attached hydrogen (secondary N) is 1. The summed E-state index contributed by atoms with van der Waals surface area (Å²) in [5, 5.41) is 7.38. The van der Waals surface area contributed by atoms with Crippen LogP contribution in [0.5, 0.6) is 0 Å². The van der Waals surface area contributed by atoms with Gasteiger partial charge in [-0.2, -0.15) is 5.10 Å². The maximum Gasteiger partial charge on any atom is 0.224 e. The van der Waals surface area contributed by atoms with E-state index >= 15 is 0 Å². The van der Waals surface area contributed by atoms with Crippen LogP contribution < -0.4 is 5.32 Å². The maximum absolute atomic E-state index is 12.3. The molecule has 0 spiro atoms. The first-order valence-corrected chi connectivity index (χ1v) is 9.34. The third kappa shape index (κ3) is 3.53. The van der Waals surface area contributed by atoms with Gasteiger partial charge in [0.25, 0.3) is 0 Å². The Morgan fingerprint density at radius 3 is 2.57 bits per heavy atom. The molecular weight excluding hydrogens is 350 g/mol. The van der Waals surface area contributed by atoms with Crippen LogP contribution in [-0.4, -0.2) is 25.1 Å². The quantitative estimate of drug-likeness (QED) is 0.577. The Bertz CT molecular complexity index is 1100. The number of rotatable bonds is 5. The van der Waals surface area contributed by atoms with Crippen molar-refractivity contribution < 1.29 is 4.79 Å². The zero-order valence-corrected chi connectivity index (χ0v) is 16.3. The van der Waals surface area contributed by atoms with Crippen LogP contribution in [0.15, 0.2) is 54.9 Å². The number of aromatic nitrogens is 4. The number of anilines is 1. The highest BCUT2D eigenvalue weighted by molar-refractivity contribution is 5.91. The van der Waals surface area contributed by atoms with E-state index in [1.54, 1.807) is 0 Å². The Balaban J connectivity index is 1.40. The van der Waals surface area contributed by atoms with Gasteiger partial charge in [-0.3, -0.25) is 9.48 Å². The van der Waals surface area contributed by atoms with Crippen molar-refractivity contribution in [2.45, 2.75) is 26.7 Å². The molecule has 1 N–H and O–H groups in total. The van der Waals surface area contributed by atoms with Crippen LogP contribution in [0.2, 0.25) is 0 Å². The fraction of sp³-hybridized carbons (Fsp3) is 0.227. The summed E-state index contributed by atoms with van der Waals surface area (Å²) in [7, 11) is 1.93. The molecule has 0 aliphatic carbocycles. The molecular formula is C22H23N5O. The smallest absolute Gasteiger partial charge is 0.224 e. The summed E-state index contributed by atoms with van der Waals surface area (Å²) in [6.07, 6.45) is 5.10. The zero-order chi connectivity index (χ0) is 19.7. The molecule has 4 aromatic rings. The summed E-state index contributed by atoms with van der Waals surface area (Å²) in [6, 6.07) is 13.7. The van der Waals surface area contributed by atoms with Crippen LogP contribution in [0.3, 0.4) is 0 Å². The zero-order valence-electron chi connectivity index (χ0n) is 16.3. The van der Waals surface area contributed by atoms with Gasteiger partial charge in [-0.15, -0.1) is 0 Å². The number of aryl methyl sites for hydroxylation is 2. The highest BCUT2D eigenvalue weighted by Gasteiger charge is 2.12. The lowest BCUT2D eigenvalue weighted by Crippen LogP contribution is -2.12. The molecule has 0 radical (unpaired) electrons. The van der Waals surface area contributed by atoms with Crippen LogP contribution in [0.25, 0.3) is 16.9 Å². The van der Waals surface area contributed by atoms with Gasteiger partial charge in [0.1, 0.15) is 5.65 Å². The van der Waals surface area contributed by atoms with E-state index in [0.29, 0.717) is 12.8 Å². The minimum Gasteiger partial charge on any atom is -0.326 e. The molecule has 0 unspecified atom stereocenters. The number of carbonyl (C=O) groups is 1. The van der Waals surface area contributed by atoms with Gasteiger partial charge in [-0.05, 0) is 50.1 Å². The first-order valence-electron chi connectivity index (χ1n) is 9.34. The van der Waals surface area contributed by atoms with E-state index in [4.69, 9.17) is 0 Å². The number of nitrogens with zero attached hydrogens (tertiary/aromatic N) is 4. The number of benzene rings is 1. The van der Waals surface area contributed by atoms with E-state index in [1.807, 2.05) is 84.8 Å². The first kappa shape index (κ1) is 18.0. The lowest BCUT2D eigenvalue weighted by molar-refractivity contribution is -0.116. The van der Waals surface area contributed by atoms with Gasteiger partial charge < -0.3 is 9.72 Å². The lowest BCUT2D eigenvalue weighted by Gasteiger charge is -2.06. The van der Waals surface area contributed by atoms with E-state index in [2.05, 4.69) is 15.4 Å². The molecule has 1 aromatic carbocycles. The highest BCUT2D eigenvalue weighted by Crippen LogP contribution is 2.21. The SMILES string of the molecule is Cc1nn(C)c(C)c1CCC(=O)Nc1ccc(-c2cn3ccccc3n2)cc1. The fourth-order valence-corrected chi connectivity index (χ4v) is 3.44. The van der Waals surface area contributed by atoms with E-state index in [0.717, 1.165) is 39.5 Å². The summed E-state index contributed by atoms with van der Waals surface area (Å²) in [4.78, 5) is 17.0. The predicted molar refractivity (Wildman–Crippen MR) is 110 cm³/mol. The molecule has 0 saturated heterocycles. The van der Waals surface area contributed by atoms with Crippen molar-refractivity contribution in [1.82, 2.24) is 19.2 Å². The average Bonchev–Trinajstić information content (AvgIpc) is 3.22. The first-order chi connectivity index (χ1) is 13.5. The van der Waals surface area contributed by atoms with Gasteiger partial charge in [0.15, 0.2) is 0 Å². The molecule has 142 valence electrons. The molecule has 0 aliphatic heterocycles. The minimum atomic E-state index is 0.00290. The summed E-state index contributed by atoms with van der Waals surface area (Å²) in [5.41, 5.74) is 6.88. The van der Waals surface area contributed by atoms with Crippen LogP contribution in [0.4, 0.5) is 5.69 Å². The maximum atomic E-state index is 12.3. The van der Waals surface area contributed by atoms with Crippen LogP contribution in [-0.2, 0) is 18.3 Å². The van der Waals surface area contributed by atoms with Gasteiger partial charge in [0.2, 0.25) is 5.91 Å². The molecule has 3 heterocycles. The Morgan fingerprint density at radius 1 is 1.11 bits per heavy atom. The summed E-state index contributed by atoms with van der Waals surface area (Å²) < 4.78 is 3.86. The monoisotopic (exact) mass is 373 g/mol. The van der Waals surface area contributed by atoms with Gasteiger partial charge in [0, 0.05) is 42.8 Å². The van der Waals surface area contributed by atoms with Crippen molar-refractivity contribution in [3.05, 3.63) is 71.8 Å².